The Hall–Kier alpha value is -0.710. The number of thiophene rings is 1. The van der Waals surface area contributed by atoms with E-state index in [1.165, 1.54) is 11.3 Å². The molecule has 2 heterocycles. The molecule has 16 heavy (non-hydrogen) atoms. The fourth-order valence-corrected chi connectivity index (χ4v) is 2.78. The van der Waals surface area contributed by atoms with Gasteiger partial charge in [-0.3, -0.25) is 4.79 Å². The van der Waals surface area contributed by atoms with E-state index in [2.05, 4.69) is 4.90 Å². The van der Waals surface area contributed by atoms with Gasteiger partial charge in [-0.1, -0.05) is 6.07 Å². The summed E-state index contributed by atoms with van der Waals surface area (Å²) >= 11 is 1.53. The quantitative estimate of drug-likeness (QED) is 0.795. The molecule has 1 aromatic heterocycles. The molecule has 1 aliphatic rings. The summed E-state index contributed by atoms with van der Waals surface area (Å²) in [6.07, 6.45) is 2.70. The van der Waals surface area contributed by atoms with Crippen LogP contribution in [0.3, 0.4) is 0 Å². The first-order valence-electron chi connectivity index (χ1n) is 5.80. The average Bonchev–Trinajstić information content (AvgIpc) is 2.89. The zero-order valence-corrected chi connectivity index (χ0v) is 10.2. The molecule has 1 aromatic rings. The van der Waals surface area contributed by atoms with E-state index < -0.39 is 0 Å². The van der Waals surface area contributed by atoms with Gasteiger partial charge >= 0.3 is 0 Å². The molecule has 2 N–H and O–H groups in total. The highest BCUT2D eigenvalue weighted by molar-refractivity contribution is 7.12. The second kappa shape index (κ2) is 5.57. The molecule has 4 heteroatoms. The Morgan fingerprint density at radius 2 is 2.50 bits per heavy atom. The summed E-state index contributed by atoms with van der Waals surface area (Å²) in [4.78, 5) is 15.0. The first kappa shape index (κ1) is 11.8. The van der Waals surface area contributed by atoms with E-state index in [1.54, 1.807) is 0 Å². The second-order valence-electron chi connectivity index (χ2n) is 4.35. The normalized spacial score (nSPS) is 21.4. The van der Waals surface area contributed by atoms with Crippen molar-refractivity contribution in [3.05, 3.63) is 22.4 Å². The molecule has 1 atom stereocenters. The Morgan fingerprint density at radius 1 is 1.62 bits per heavy atom. The van der Waals surface area contributed by atoms with Crippen LogP contribution in [0, 0.1) is 0 Å². The van der Waals surface area contributed by atoms with Crippen molar-refractivity contribution >= 4 is 17.1 Å². The van der Waals surface area contributed by atoms with Crippen LogP contribution in [-0.2, 0) is 0 Å². The van der Waals surface area contributed by atoms with Crippen LogP contribution in [0.5, 0.6) is 0 Å². The van der Waals surface area contributed by atoms with E-state index in [1.807, 2.05) is 17.5 Å². The monoisotopic (exact) mass is 238 g/mol. The number of nitrogens with two attached hydrogens (primary N) is 1. The van der Waals surface area contributed by atoms with Crippen molar-refractivity contribution in [3.63, 3.8) is 0 Å². The molecule has 0 aliphatic carbocycles. The minimum atomic E-state index is 0.276. The number of likely N-dealkylation sites (tertiary alicyclic amines) is 1. The maximum Gasteiger partial charge on any atom is 0.172 e. The van der Waals surface area contributed by atoms with Gasteiger partial charge in [0, 0.05) is 19.0 Å². The molecule has 1 saturated heterocycles. The number of rotatable bonds is 5. The van der Waals surface area contributed by atoms with Crippen molar-refractivity contribution in [1.29, 1.82) is 0 Å². The van der Waals surface area contributed by atoms with Gasteiger partial charge in [-0.15, -0.1) is 11.3 Å². The van der Waals surface area contributed by atoms with Gasteiger partial charge in [0.15, 0.2) is 5.78 Å². The molecule has 2 rings (SSSR count). The summed E-state index contributed by atoms with van der Waals surface area (Å²) < 4.78 is 0. The van der Waals surface area contributed by atoms with E-state index >= 15 is 0 Å². The lowest BCUT2D eigenvalue weighted by Gasteiger charge is -2.13. The summed E-state index contributed by atoms with van der Waals surface area (Å²) in [6, 6.07) is 4.17. The smallest absolute Gasteiger partial charge is 0.172 e. The molecule has 0 amide bonds. The number of hydrogen-bond acceptors (Lipinski definition) is 4. The summed E-state index contributed by atoms with van der Waals surface area (Å²) in [5, 5.41) is 1.95. The zero-order valence-electron chi connectivity index (χ0n) is 9.39. The number of nitrogens with zero attached hydrogens (tertiary/aromatic N) is 1. The van der Waals surface area contributed by atoms with Crippen molar-refractivity contribution in [2.75, 3.05) is 19.6 Å². The molecule has 1 fully saturated rings. The van der Waals surface area contributed by atoms with Crippen molar-refractivity contribution < 1.29 is 4.79 Å². The fraction of sp³-hybridized carbons (Fsp3) is 0.583. The molecular formula is C12H18N2OS. The highest BCUT2D eigenvalue weighted by Gasteiger charge is 2.18. The van der Waals surface area contributed by atoms with Gasteiger partial charge in [-0.2, -0.15) is 0 Å². The molecule has 88 valence electrons. The van der Waals surface area contributed by atoms with E-state index in [4.69, 9.17) is 5.73 Å². The number of carbonyl (C=O) groups is 1. The summed E-state index contributed by atoms with van der Waals surface area (Å²) in [5.74, 6) is 0.276. The molecule has 0 spiro atoms. The second-order valence-corrected chi connectivity index (χ2v) is 5.30. The zero-order chi connectivity index (χ0) is 11.4. The minimum Gasteiger partial charge on any atom is -0.326 e. The van der Waals surface area contributed by atoms with E-state index in [0.717, 1.165) is 37.4 Å². The van der Waals surface area contributed by atoms with Crippen LogP contribution in [0.2, 0.25) is 0 Å². The topological polar surface area (TPSA) is 46.3 Å². The summed E-state index contributed by atoms with van der Waals surface area (Å²) in [5.41, 5.74) is 5.83. The van der Waals surface area contributed by atoms with Crippen molar-refractivity contribution in [2.45, 2.75) is 25.3 Å². The lowest BCUT2D eigenvalue weighted by Crippen LogP contribution is -2.27. The van der Waals surface area contributed by atoms with Gasteiger partial charge in [0.1, 0.15) is 0 Å². The number of hydrogen-bond donors (Lipinski definition) is 1. The van der Waals surface area contributed by atoms with Crippen LogP contribution < -0.4 is 5.73 Å². The molecule has 1 aliphatic heterocycles. The largest absolute Gasteiger partial charge is 0.326 e. The molecular weight excluding hydrogens is 220 g/mol. The van der Waals surface area contributed by atoms with Crippen LogP contribution in [0.15, 0.2) is 17.5 Å². The Bertz CT molecular complexity index is 337. The third-order valence-electron chi connectivity index (χ3n) is 2.98. The Balaban J connectivity index is 1.67. The van der Waals surface area contributed by atoms with Gasteiger partial charge in [-0.25, -0.2) is 0 Å². The van der Waals surface area contributed by atoms with Gasteiger partial charge < -0.3 is 10.6 Å². The van der Waals surface area contributed by atoms with Crippen LogP contribution in [0.25, 0.3) is 0 Å². The van der Waals surface area contributed by atoms with E-state index in [-0.39, 0.29) is 5.78 Å². The van der Waals surface area contributed by atoms with E-state index in [9.17, 15) is 4.79 Å². The summed E-state index contributed by atoms with van der Waals surface area (Å²) in [7, 11) is 0. The van der Waals surface area contributed by atoms with Crippen molar-refractivity contribution in [2.24, 2.45) is 5.73 Å². The van der Waals surface area contributed by atoms with Crippen LogP contribution in [-0.4, -0.2) is 36.4 Å². The van der Waals surface area contributed by atoms with Gasteiger partial charge in [-0.05, 0) is 37.4 Å². The van der Waals surface area contributed by atoms with Crippen LogP contribution >= 0.6 is 11.3 Å². The number of ketones is 1. The minimum absolute atomic E-state index is 0.276. The van der Waals surface area contributed by atoms with Gasteiger partial charge in [0.05, 0.1) is 4.88 Å². The van der Waals surface area contributed by atoms with Crippen LogP contribution in [0.1, 0.15) is 28.9 Å². The lowest BCUT2D eigenvalue weighted by atomic mass is 10.2. The Morgan fingerprint density at radius 3 is 3.12 bits per heavy atom. The predicted octanol–water partition coefficient (Wildman–Crippen LogP) is 1.74. The summed E-state index contributed by atoms with van der Waals surface area (Å²) in [6.45, 7) is 3.09. The van der Waals surface area contributed by atoms with Crippen molar-refractivity contribution in [1.82, 2.24) is 4.90 Å². The highest BCUT2D eigenvalue weighted by atomic mass is 32.1. The predicted molar refractivity (Wildman–Crippen MR) is 66.9 cm³/mol. The van der Waals surface area contributed by atoms with Gasteiger partial charge in [0.25, 0.3) is 0 Å². The van der Waals surface area contributed by atoms with Gasteiger partial charge in [0.2, 0.25) is 0 Å². The third-order valence-corrected chi connectivity index (χ3v) is 3.89. The Labute approximate surface area is 100 Å². The fourth-order valence-electron chi connectivity index (χ4n) is 2.09. The van der Waals surface area contributed by atoms with E-state index in [0.29, 0.717) is 12.5 Å². The maximum atomic E-state index is 11.7. The molecule has 0 bridgehead atoms. The molecule has 0 radical (unpaired) electrons. The van der Waals surface area contributed by atoms with Crippen molar-refractivity contribution in [3.8, 4) is 0 Å². The number of carbonyl (C=O) groups excluding carboxylic acids is 1. The molecule has 1 unspecified atom stereocenters. The molecule has 3 nitrogen and oxygen atoms in total. The third kappa shape index (κ3) is 3.14. The molecule has 0 aromatic carbocycles. The number of Topliss-reactive ketones (excluding diaryl/α,β-unsaturated/α-hetero) is 1. The highest BCUT2D eigenvalue weighted by Crippen LogP contribution is 2.13. The average molecular weight is 238 g/mol. The van der Waals surface area contributed by atoms with Crippen LogP contribution in [0.4, 0.5) is 0 Å². The first-order chi connectivity index (χ1) is 7.75. The molecule has 0 saturated carbocycles. The maximum absolute atomic E-state index is 11.7. The lowest BCUT2D eigenvalue weighted by molar-refractivity contribution is 0.0980. The Kier molecular flexibility index (Phi) is 4.09. The SMILES string of the molecule is NC1CCN(CCCC(=O)c2cccs2)C1. The standard InChI is InChI=1S/C12H18N2OS/c13-10-5-7-14(9-10)6-1-3-11(15)12-4-2-8-16-12/h2,4,8,10H,1,3,5-7,9,13H2. The first-order valence-corrected chi connectivity index (χ1v) is 6.68.